The number of carbonyl (C=O) groups is 1. The molecule has 8 heteroatoms. The summed E-state index contributed by atoms with van der Waals surface area (Å²) in [4.78, 5) is 28.7. The minimum Gasteiger partial charge on any atom is -0.378 e. The van der Waals surface area contributed by atoms with Gasteiger partial charge in [0.1, 0.15) is 4.47 Å². The van der Waals surface area contributed by atoms with Crippen molar-refractivity contribution in [1.29, 1.82) is 0 Å². The number of ether oxygens (including phenoxy) is 1. The van der Waals surface area contributed by atoms with E-state index in [1.165, 1.54) is 4.68 Å². The average molecular weight is 385 g/mol. The van der Waals surface area contributed by atoms with Gasteiger partial charge in [0.2, 0.25) is 5.91 Å². The summed E-state index contributed by atoms with van der Waals surface area (Å²) in [6, 6.07) is 0. The average Bonchev–Trinajstić information content (AvgIpc) is 2.60. The van der Waals surface area contributed by atoms with E-state index in [0.717, 1.165) is 25.1 Å². The highest BCUT2D eigenvalue weighted by atomic mass is 79.9. The van der Waals surface area contributed by atoms with Crippen molar-refractivity contribution >= 4 is 27.5 Å². The highest BCUT2D eigenvalue weighted by Gasteiger charge is 2.31. The Balaban J connectivity index is 1.74. The normalized spacial score (nSPS) is 22.3. The molecule has 1 atom stereocenters. The Morgan fingerprint density at radius 1 is 1.35 bits per heavy atom. The Morgan fingerprint density at radius 3 is 2.83 bits per heavy atom. The first-order valence-electron chi connectivity index (χ1n) is 7.91. The molecule has 2 fully saturated rings. The van der Waals surface area contributed by atoms with Gasteiger partial charge in [-0.2, -0.15) is 5.10 Å². The predicted molar refractivity (Wildman–Crippen MR) is 89.5 cm³/mol. The number of carbonyl (C=O) groups excluding carboxylic acids is 1. The number of rotatable bonds is 2. The van der Waals surface area contributed by atoms with Crippen LogP contribution in [0.25, 0.3) is 0 Å². The van der Waals surface area contributed by atoms with Crippen molar-refractivity contribution in [2.45, 2.75) is 12.8 Å². The van der Waals surface area contributed by atoms with Gasteiger partial charge in [-0.25, -0.2) is 4.68 Å². The molecular weight excluding hydrogens is 364 g/mol. The van der Waals surface area contributed by atoms with E-state index in [-0.39, 0.29) is 17.4 Å². The lowest BCUT2D eigenvalue weighted by Crippen LogP contribution is -2.48. The molecule has 2 aliphatic rings. The van der Waals surface area contributed by atoms with Gasteiger partial charge in [0, 0.05) is 33.2 Å². The fourth-order valence-corrected chi connectivity index (χ4v) is 3.77. The summed E-state index contributed by atoms with van der Waals surface area (Å²) in [6.07, 6.45) is 3.51. The number of aryl methyl sites for hydroxylation is 1. The Kier molecular flexibility index (Phi) is 5.01. The van der Waals surface area contributed by atoms with Crippen molar-refractivity contribution in [1.82, 2.24) is 14.7 Å². The van der Waals surface area contributed by atoms with E-state index >= 15 is 0 Å². The topological polar surface area (TPSA) is 67.7 Å². The van der Waals surface area contributed by atoms with E-state index in [1.54, 1.807) is 13.2 Å². The van der Waals surface area contributed by atoms with Crippen LogP contribution in [0.2, 0.25) is 0 Å². The van der Waals surface area contributed by atoms with Gasteiger partial charge in [0.05, 0.1) is 31.0 Å². The number of piperidine rings is 1. The van der Waals surface area contributed by atoms with Crippen molar-refractivity contribution in [2.24, 2.45) is 13.0 Å². The molecule has 0 N–H and O–H groups in total. The Bertz CT molecular complexity index is 642. The Labute approximate surface area is 143 Å². The highest BCUT2D eigenvalue weighted by Crippen LogP contribution is 2.28. The second-order valence-corrected chi connectivity index (χ2v) is 6.79. The minimum atomic E-state index is -0.163. The van der Waals surface area contributed by atoms with E-state index in [2.05, 4.69) is 25.9 Å². The number of morpholine rings is 1. The molecule has 1 unspecified atom stereocenters. The van der Waals surface area contributed by atoms with Gasteiger partial charge >= 0.3 is 0 Å². The van der Waals surface area contributed by atoms with E-state index in [9.17, 15) is 9.59 Å². The first-order valence-corrected chi connectivity index (χ1v) is 8.70. The fraction of sp³-hybridized carbons (Fsp3) is 0.667. The van der Waals surface area contributed by atoms with Crippen LogP contribution in [-0.2, 0) is 16.6 Å². The van der Waals surface area contributed by atoms with Crippen molar-refractivity contribution in [3.63, 3.8) is 0 Å². The van der Waals surface area contributed by atoms with Crippen molar-refractivity contribution in [2.75, 3.05) is 44.3 Å². The van der Waals surface area contributed by atoms with Crippen LogP contribution in [0.1, 0.15) is 12.8 Å². The van der Waals surface area contributed by atoms with Crippen LogP contribution in [0.5, 0.6) is 0 Å². The SMILES string of the molecule is Cn1ncc(N2CCCC(C(=O)N3CCOCC3)C2)c(Br)c1=O. The summed E-state index contributed by atoms with van der Waals surface area (Å²) in [7, 11) is 1.62. The number of hydrogen-bond acceptors (Lipinski definition) is 5. The van der Waals surface area contributed by atoms with Crippen LogP contribution in [0, 0.1) is 5.92 Å². The molecule has 1 aromatic heterocycles. The molecular formula is C15H21BrN4O3. The summed E-state index contributed by atoms with van der Waals surface area (Å²) in [5, 5.41) is 4.10. The maximum atomic E-state index is 12.7. The third kappa shape index (κ3) is 3.42. The lowest BCUT2D eigenvalue weighted by atomic mass is 9.96. The first-order chi connectivity index (χ1) is 11.1. The maximum absolute atomic E-state index is 12.7. The van der Waals surface area contributed by atoms with Crippen LogP contribution >= 0.6 is 15.9 Å². The lowest BCUT2D eigenvalue weighted by Gasteiger charge is -2.37. The van der Waals surface area contributed by atoms with Gasteiger partial charge in [-0.3, -0.25) is 9.59 Å². The summed E-state index contributed by atoms with van der Waals surface area (Å²) >= 11 is 3.37. The summed E-state index contributed by atoms with van der Waals surface area (Å²) in [5.74, 6) is 0.170. The zero-order valence-electron chi connectivity index (χ0n) is 13.2. The van der Waals surface area contributed by atoms with E-state index in [0.29, 0.717) is 37.3 Å². The van der Waals surface area contributed by atoms with E-state index < -0.39 is 0 Å². The largest absolute Gasteiger partial charge is 0.378 e. The van der Waals surface area contributed by atoms with Crippen molar-refractivity contribution in [3.05, 3.63) is 21.0 Å². The molecule has 126 valence electrons. The molecule has 0 aliphatic carbocycles. The van der Waals surface area contributed by atoms with Crippen LogP contribution in [0.4, 0.5) is 5.69 Å². The molecule has 3 heterocycles. The van der Waals surface area contributed by atoms with Gasteiger partial charge in [0.15, 0.2) is 0 Å². The summed E-state index contributed by atoms with van der Waals surface area (Å²) in [5.41, 5.74) is 0.608. The number of halogens is 1. The smallest absolute Gasteiger partial charge is 0.282 e. The molecule has 1 amide bonds. The van der Waals surface area contributed by atoms with Crippen LogP contribution < -0.4 is 10.5 Å². The van der Waals surface area contributed by atoms with E-state index in [1.807, 2.05) is 4.90 Å². The highest BCUT2D eigenvalue weighted by molar-refractivity contribution is 9.10. The number of anilines is 1. The van der Waals surface area contributed by atoms with E-state index in [4.69, 9.17) is 4.74 Å². The number of amides is 1. The molecule has 1 aromatic rings. The van der Waals surface area contributed by atoms with Crippen molar-refractivity contribution in [3.8, 4) is 0 Å². The number of aromatic nitrogens is 2. The second-order valence-electron chi connectivity index (χ2n) is 6.00. The number of nitrogens with zero attached hydrogens (tertiary/aromatic N) is 4. The predicted octanol–water partition coefficient (Wildman–Crippen LogP) is 0.618. The van der Waals surface area contributed by atoms with Gasteiger partial charge in [-0.1, -0.05) is 0 Å². The second kappa shape index (κ2) is 7.00. The van der Waals surface area contributed by atoms with Gasteiger partial charge in [-0.15, -0.1) is 0 Å². The minimum absolute atomic E-state index is 0.0298. The van der Waals surface area contributed by atoms with Crippen LogP contribution in [0.15, 0.2) is 15.5 Å². The molecule has 2 saturated heterocycles. The molecule has 3 rings (SSSR count). The lowest BCUT2D eigenvalue weighted by molar-refractivity contribution is -0.139. The third-order valence-corrected chi connectivity index (χ3v) is 5.24. The number of hydrogen-bond donors (Lipinski definition) is 0. The maximum Gasteiger partial charge on any atom is 0.282 e. The zero-order chi connectivity index (χ0) is 16.4. The zero-order valence-corrected chi connectivity index (χ0v) is 14.8. The van der Waals surface area contributed by atoms with Crippen LogP contribution in [0.3, 0.4) is 0 Å². The fourth-order valence-electron chi connectivity index (χ4n) is 3.16. The molecule has 7 nitrogen and oxygen atoms in total. The summed E-state index contributed by atoms with van der Waals surface area (Å²) < 4.78 is 7.12. The Morgan fingerprint density at radius 2 is 2.09 bits per heavy atom. The first kappa shape index (κ1) is 16.4. The van der Waals surface area contributed by atoms with Gasteiger partial charge in [-0.05, 0) is 28.8 Å². The molecule has 0 saturated carbocycles. The van der Waals surface area contributed by atoms with Crippen LogP contribution in [-0.4, -0.2) is 60.0 Å². The van der Waals surface area contributed by atoms with Gasteiger partial charge < -0.3 is 14.5 Å². The molecule has 0 spiro atoms. The molecule has 0 aromatic carbocycles. The Hall–Kier alpha value is -1.41. The van der Waals surface area contributed by atoms with Crippen molar-refractivity contribution < 1.29 is 9.53 Å². The third-order valence-electron chi connectivity index (χ3n) is 4.49. The molecule has 0 bridgehead atoms. The van der Waals surface area contributed by atoms with Gasteiger partial charge in [0.25, 0.3) is 5.56 Å². The molecule has 23 heavy (non-hydrogen) atoms. The quantitative estimate of drug-likeness (QED) is 0.747. The standard InChI is InChI=1S/C15H21BrN4O3/c1-18-15(22)13(16)12(9-17-18)20-4-2-3-11(10-20)14(21)19-5-7-23-8-6-19/h9,11H,2-8,10H2,1H3. The monoisotopic (exact) mass is 384 g/mol. The molecule has 0 radical (unpaired) electrons. The molecule has 2 aliphatic heterocycles. The summed E-state index contributed by atoms with van der Waals surface area (Å²) in [6.45, 7) is 4.04.